The Hall–Kier alpha value is -3.07. The topological polar surface area (TPSA) is 103 Å². The summed E-state index contributed by atoms with van der Waals surface area (Å²) in [6.45, 7) is 0.00531. The summed E-state index contributed by atoms with van der Waals surface area (Å²) in [4.78, 5) is 37.7. The summed E-state index contributed by atoms with van der Waals surface area (Å²) in [6.07, 6.45) is 0.506. The van der Waals surface area contributed by atoms with E-state index < -0.39 is 18.0 Å². The molecule has 0 fully saturated rings. The number of hydrogen-bond acceptors (Lipinski definition) is 9. The lowest BCUT2D eigenvalue weighted by molar-refractivity contribution is -0.141. The summed E-state index contributed by atoms with van der Waals surface area (Å²) < 4.78 is 19.8. The molecular weight excluding hydrogens is 356 g/mol. The van der Waals surface area contributed by atoms with E-state index in [2.05, 4.69) is 5.32 Å². The van der Waals surface area contributed by atoms with Crippen LogP contribution in [0.3, 0.4) is 0 Å². The van der Waals surface area contributed by atoms with Gasteiger partial charge in [-0.3, -0.25) is 0 Å². The summed E-state index contributed by atoms with van der Waals surface area (Å²) in [6, 6.07) is 4.96. The molecule has 1 aromatic rings. The van der Waals surface area contributed by atoms with Gasteiger partial charge in [0.15, 0.2) is 0 Å². The van der Waals surface area contributed by atoms with Crippen LogP contribution in [-0.4, -0.2) is 58.6 Å². The molecule has 1 unspecified atom stereocenters. The van der Waals surface area contributed by atoms with Gasteiger partial charge in [-0.05, 0) is 17.7 Å². The standard InChI is InChI=1S/C18H20N2O7/c1-24-16(21)12-8-27-9-20(15(12)18(23)26-3)11-5-4-10-6-14(17(22)25-2)19-13(10)7-11/h4-5,7,14,19H,6,8-9H2,1-3H3. The van der Waals surface area contributed by atoms with Crippen molar-refractivity contribution in [2.45, 2.75) is 12.5 Å². The van der Waals surface area contributed by atoms with Crippen molar-refractivity contribution in [1.29, 1.82) is 0 Å². The minimum absolute atomic E-state index is 0.0544. The van der Waals surface area contributed by atoms with E-state index in [1.165, 1.54) is 26.2 Å². The fourth-order valence-electron chi connectivity index (χ4n) is 3.14. The van der Waals surface area contributed by atoms with Gasteiger partial charge in [-0.15, -0.1) is 0 Å². The molecule has 0 aliphatic carbocycles. The SMILES string of the molecule is COC(=O)C1=C(C(=O)OC)N(c2ccc3c(c2)NC(C(=O)OC)C3)COC1. The Balaban J connectivity index is 1.97. The molecule has 0 spiro atoms. The number of fused-ring (bicyclic) bond motifs is 1. The van der Waals surface area contributed by atoms with Crippen LogP contribution in [0, 0.1) is 0 Å². The van der Waals surface area contributed by atoms with Crippen LogP contribution in [0.2, 0.25) is 0 Å². The van der Waals surface area contributed by atoms with Crippen LogP contribution in [0.4, 0.5) is 11.4 Å². The molecule has 144 valence electrons. The van der Waals surface area contributed by atoms with Crippen LogP contribution in [-0.2, 0) is 39.8 Å². The highest BCUT2D eigenvalue weighted by atomic mass is 16.5. The lowest BCUT2D eigenvalue weighted by Gasteiger charge is -2.31. The van der Waals surface area contributed by atoms with Crippen molar-refractivity contribution >= 4 is 29.3 Å². The van der Waals surface area contributed by atoms with Crippen molar-refractivity contribution in [3.05, 3.63) is 35.0 Å². The zero-order valence-electron chi connectivity index (χ0n) is 15.2. The van der Waals surface area contributed by atoms with Gasteiger partial charge < -0.3 is 29.2 Å². The summed E-state index contributed by atoms with van der Waals surface area (Å²) in [5.41, 5.74) is 2.45. The molecule has 9 nitrogen and oxygen atoms in total. The maximum atomic E-state index is 12.3. The normalized spacial score (nSPS) is 18.5. The van der Waals surface area contributed by atoms with Gasteiger partial charge in [0, 0.05) is 17.8 Å². The first kappa shape index (κ1) is 18.7. The number of nitrogens with one attached hydrogen (secondary N) is 1. The third-order valence-electron chi connectivity index (χ3n) is 4.48. The summed E-state index contributed by atoms with van der Waals surface area (Å²) in [5.74, 6) is -1.68. The molecule has 0 aromatic heterocycles. The second kappa shape index (κ2) is 7.67. The molecule has 2 heterocycles. The van der Waals surface area contributed by atoms with Crippen molar-refractivity contribution in [3.63, 3.8) is 0 Å². The van der Waals surface area contributed by atoms with E-state index in [1.54, 1.807) is 12.1 Å². The van der Waals surface area contributed by atoms with Crippen LogP contribution in [0.5, 0.6) is 0 Å². The summed E-state index contributed by atoms with van der Waals surface area (Å²) in [5, 5.41) is 3.10. The number of carbonyl (C=O) groups is 3. The molecule has 3 rings (SSSR count). The van der Waals surface area contributed by atoms with Gasteiger partial charge in [-0.1, -0.05) is 6.07 Å². The largest absolute Gasteiger partial charge is 0.467 e. The van der Waals surface area contributed by atoms with E-state index in [-0.39, 0.29) is 30.6 Å². The van der Waals surface area contributed by atoms with E-state index in [0.29, 0.717) is 12.1 Å². The Kier molecular flexibility index (Phi) is 5.31. The third-order valence-corrected chi connectivity index (χ3v) is 4.48. The minimum Gasteiger partial charge on any atom is -0.467 e. The van der Waals surface area contributed by atoms with Gasteiger partial charge in [-0.2, -0.15) is 0 Å². The molecule has 2 aliphatic rings. The number of methoxy groups -OCH3 is 3. The van der Waals surface area contributed by atoms with Crippen LogP contribution in [0.15, 0.2) is 29.5 Å². The highest BCUT2D eigenvalue weighted by Gasteiger charge is 2.34. The molecule has 0 saturated carbocycles. The van der Waals surface area contributed by atoms with Gasteiger partial charge in [0.25, 0.3) is 0 Å². The van der Waals surface area contributed by atoms with Crippen molar-refractivity contribution in [1.82, 2.24) is 0 Å². The van der Waals surface area contributed by atoms with Crippen LogP contribution >= 0.6 is 0 Å². The predicted octanol–water partition coefficient (Wildman–Crippen LogP) is 0.590. The number of hydrogen-bond donors (Lipinski definition) is 1. The maximum Gasteiger partial charge on any atom is 0.355 e. The average Bonchev–Trinajstić information content (AvgIpc) is 3.14. The average molecular weight is 376 g/mol. The van der Waals surface area contributed by atoms with Crippen molar-refractivity contribution in [3.8, 4) is 0 Å². The molecule has 9 heteroatoms. The Morgan fingerprint density at radius 3 is 2.52 bits per heavy atom. The molecule has 0 bridgehead atoms. The zero-order valence-corrected chi connectivity index (χ0v) is 15.2. The maximum absolute atomic E-state index is 12.3. The molecule has 0 saturated heterocycles. The monoisotopic (exact) mass is 376 g/mol. The number of ether oxygens (including phenoxy) is 4. The molecular formula is C18H20N2O7. The highest BCUT2D eigenvalue weighted by Crippen LogP contribution is 2.34. The highest BCUT2D eigenvalue weighted by molar-refractivity contribution is 6.03. The molecule has 0 amide bonds. The van der Waals surface area contributed by atoms with Crippen molar-refractivity contribution in [2.24, 2.45) is 0 Å². The number of esters is 3. The smallest absolute Gasteiger partial charge is 0.355 e. The summed E-state index contributed by atoms with van der Waals surface area (Å²) >= 11 is 0. The Morgan fingerprint density at radius 2 is 1.85 bits per heavy atom. The number of carbonyl (C=O) groups excluding carboxylic acids is 3. The van der Waals surface area contributed by atoms with E-state index in [4.69, 9.17) is 18.9 Å². The number of rotatable bonds is 4. The van der Waals surface area contributed by atoms with Gasteiger partial charge in [0.1, 0.15) is 18.5 Å². The molecule has 1 aromatic carbocycles. The second-order valence-corrected chi connectivity index (χ2v) is 5.98. The third kappa shape index (κ3) is 3.45. The van der Waals surface area contributed by atoms with Gasteiger partial charge in [0.2, 0.25) is 0 Å². The van der Waals surface area contributed by atoms with Crippen molar-refractivity contribution < 1.29 is 33.3 Å². The molecule has 1 N–H and O–H groups in total. The number of benzene rings is 1. The lowest BCUT2D eigenvalue weighted by atomic mass is 10.1. The Bertz CT molecular complexity index is 818. The lowest BCUT2D eigenvalue weighted by Crippen LogP contribution is -2.38. The zero-order chi connectivity index (χ0) is 19.6. The number of nitrogens with zero attached hydrogens (tertiary/aromatic N) is 1. The fraction of sp³-hybridized carbons (Fsp3) is 0.389. The summed E-state index contributed by atoms with van der Waals surface area (Å²) in [7, 11) is 3.81. The van der Waals surface area contributed by atoms with E-state index >= 15 is 0 Å². The van der Waals surface area contributed by atoms with E-state index in [9.17, 15) is 14.4 Å². The molecule has 27 heavy (non-hydrogen) atoms. The van der Waals surface area contributed by atoms with Crippen LogP contribution in [0.25, 0.3) is 0 Å². The van der Waals surface area contributed by atoms with Crippen LogP contribution < -0.4 is 10.2 Å². The van der Waals surface area contributed by atoms with Gasteiger partial charge in [0.05, 0.1) is 33.5 Å². The Labute approximate surface area is 155 Å². The first-order chi connectivity index (χ1) is 13.0. The molecule has 2 aliphatic heterocycles. The minimum atomic E-state index is -0.667. The van der Waals surface area contributed by atoms with Gasteiger partial charge >= 0.3 is 17.9 Å². The van der Waals surface area contributed by atoms with E-state index in [1.807, 2.05) is 6.07 Å². The first-order valence-corrected chi connectivity index (χ1v) is 8.22. The second-order valence-electron chi connectivity index (χ2n) is 5.98. The van der Waals surface area contributed by atoms with Gasteiger partial charge in [-0.25, -0.2) is 14.4 Å². The van der Waals surface area contributed by atoms with Crippen LogP contribution in [0.1, 0.15) is 5.56 Å². The van der Waals surface area contributed by atoms with E-state index in [0.717, 1.165) is 11.3 Å². The molecule has 1 atom stereocenters. The van der Waals surface area contributed by atoms with Crippen molar-refractivity contribution in [2.75, 3.05) is 44.9 Å². The predicted molar refractivity (Wildman–Crippen MR) is 93.9 cm³/mol. The molecule has 0 radical (unpaired) electrons. The quantitative estimate of drug-likeness (QED) is 0.597. The first-order valence-electron chi connectivity index (χ1n) is 8.22. The fourth-order valence-corrected chi connectivity index (χ4v) is 3.14. The Morgan fingerprint density at radius 1 is 1.11 bits per heavy atom. The number of anilines is 2.